The summed E-state index contributed by atoms with van der Waals surface area (Å²) < 4.78 is 11.7. The second-order valence-electron chi connectivity index (χ2n) is 10.3. The zero-order valence-electron chi connectivity index (χ0n) is 20.8. The Morgan fingerprint density at radius 1 is 1.14 bits per heavy atom. The van der Waals surface area contributed by atoms with Crippen molar-refractivity contribution < 1.29 is 19.1 Å². The second-order valence-corrected chi connectivity index (χ2v) is 10.7. The molecule has 1 aliphatic carbocycles. The molecule has 190 valence electrons. The smallest absolute Gasteiger partial charge is 0.340 e. The largest absolute Gasteiger partial charge is 0.488 e. The number of ether oxygens (including phenoxy) is 1. The van der Waals surface area contributed by atoms with Crippen LogP contribution in [0, 0.1) is 19.8 Å². The summed E-state index contributed by atoms with van der Waals surface area (Å²) in [5, 5.41) is 12.4. The molecule has 1 N–H and O–H groups in total. The third-order valence-corrected chi connectivity index (χ3v) is 8.32. The molecule has 1 saturated carbocycles. The van der Waals surface area contributed by atoms with Crippen molar-refractivity contribution in [1.29, 1.82) is 0 Å². The normalized spacial score (nSPS) is 21.9. The lowest BCUT2D eigenvalue weighted by Crippen LogP contribution is -2.55. The summed E-state index contributed by atoms with van der Waals surface area (Å²) in [6, 6.07) is 11.2. The summed E-state index contributed by atoms with van der Waals surface area (Å²) in [5.74, 6) is 0.668. The number of nitrogens with zero attached hydrogens (tertiary/aromatic N) is 1. The minimum atomic E-state index is -0.641. The van der Waals surface area contributed by atoms with Crippen LogP contribution in [-0.2, 0) is 17.8 Å². The minimum Gasteiger partial charge on any atom is -0.488 e. The number of benzene rings is 2. The number of fused-ring (bicyclic) bond motifs is 2. The summed E-state index contributed by atoms with van der Waals surface area (Å²) in [6.07, 6.45) is 4.51. The van der Waals surface area contributed by atoms with Crippen molar-refractivity contribution in [3.05, 3.63) is 74.1 Å². The molecule has 2 unspecified atom stereocenters. The quantitative estimate of drug-likeness (QED) is 0.470. The number of aliphatic hydroxyl groups is 1. The molecule has 1 aliphatic heterocycles. The van der Waals surface area contributed by atoms with Gasteiger partial charge >= 0.3 is 5.63 Å². The van der Waals surface area contributed by atoms with Crippen molar-refractivity contribution in [2.75, 3.05) is 13.1 Å². The van der Waals surface area contributed by atoms with Crippen molar-refractivity contribution in [3.8, 4) is 5.75 Å². The molecule has 2 aromatic carbocycles. The minimum absolute atomic E-state index is 0.00310. The standard InChI is InChI=1S/C29H32ClNO5/c1-18-23-10-11-25(35-17-20-6-8-22(30)9-7-20)19(2)27(23)36-28(33)24(18)15-26(32)31-14-13-29(34)12-4-3-5-21(29)16-31/h6-11,21,34H,3-5,12-17H2,1-2H3. The third kappa shape index (κ3) is 4.76. The van der Waals surface area contributed by atoms with Gasteiger partial charge in [-0.2, -0.15) is 0 Å². The molecule has 5 rings (SSSR count). The van der Waals surface area contributed by atoms with Crippen molar-refractivity contribution in [3.63, 3.8) is 0 Å². The van der Waals surface area contributed by atoms with Crippen LogP contribution >= 0.6 is 11.6 Å². The Balaban J connectivity index is 1.34. The van der Waals surface area contributed by atoms with Gasteiger partial charge in [-0.1, -0.05) is 36.6 Å². The van der Waals surface area contributed by atoms with Gasteiger partial charge in [-0.3, -0.25) is 4.79 Å². The van der Waals surface area contributed by atoms with E-state index < -0.39 is 11.2 Å². The molecule has 2 atom stereocenters. The van der Waals surface area contributed by atoms with E-state index in [0.29, 0.717) is 48.0 Å². The molecular formula is C29H32ClNO5. The van der Waals surface area contributed by atoms with Crippen LogP contribution in [0.3, 0.4) is 0 Å². The first-order valence-electron chi connectivity index (χ1n) is 12.7. The van der Waals surface area contributed by atoms with E-state index in [1.54, 1.807) is 0 Å². The summed E-state index contributed by atoms with van der Waals surface area (Å²) >= 11 is 5.95. The number of hydrogen-bond donors (Lipinski definition) is 1. The van der Waals surface area contributed by atoms with E-state index in [-0.39, 0.29) is 18.2 Å². The van der Waals surface area contributed by atoms with E-state index in [0.717, 1.165) is 47.8 Å². The molecule has 0 bridgehead atoms. The fourth-order valence-electron chi connectivity index (χ4n) is 5.73. The maximum absolute atomic E-state index is 13.2. The molecule has 0 spiro atoms. The first kappa shape index (κ1) is 24.8. The molecule has 1 aromatic heterocycles. The van der Waals surface area contributed by atoms with Crippen LogP contribution in [0.5, 0.6) is 5.75 Å². The number of piperidine rings is 1. The summed E-state index contributed by atoms with van der Waals surface area (Å²) in [6.45, 7) is 5.18. The molecule has 2 fully saturated rings. The molecule has 7 heteroatoms. The van der Waals surface area contributed by atoms with Gasteiger partial charge in [0.15, 0.2) is 0 Å². The van der Waals surface area contributed by atoms with E-state index in [1.807, 2.05) is 55.1 Å². The number of carbonyl (C=O) groups is 1. The van der Waals surface area contributed by atoms with Gasteiger partial charge < -0.3 is 19.2 Å². The molecule has 1 saturated heterocycles. The number of amides is 1. The van der Waals surface area contributed by atoms with Gasteiger partial charge in [-0.15, -0.1) is 0 Å². The lowest BCUT2D eigenvalue weighted by atomic mass is 9.71. The Hall–Kier alpha value is -2.83. The summed E-state index contributed by atoms with van der Waals surface area (Å²) in [7, 11) is 0. The van der Waals surface area contributed by atoms with Gasteiger partial charge in [-0.25, -0.2) is 4.79 Å². The highest BCUT2D eigenvalue weighted by molar-refractivity contribution is 6.30. The molecule has 3 aromatic rings. The number of rotatable bonds is 5. The predicted octanol–water partition coefficient (Wildman–Crippen LogP) is 5.34. The molecule has 0 radical (unpaired) electrons. The molecule has 1 amide bonds. The number of carbonyl (C=O) groups excluding carboxylic acids is 1. The zero-order chi connectivity index (χ0) is 25.4. The van der Waals surface area contributed by atoms with Crippen molar-refractivity contribution in [2.45, 2.75) is 64.6 Å². The fraction of sp³-hybridized carbons (Fsp3) is 0.448. The molecular weight excluding hydrogens is 478 g/mol. The highest BCUT2D eigenvalue weighted by Crippen LogP contribution is 2.40. The second kappa shape index (κ2) is 9.91. The van der Waals surface area contributed by atoms with Crippen LogP contribution in [0.15, 0.2) is 45.6 Å². The lowest BCUT2D eigenvalue weighted by molar-refractivity contribution is -0.142. The number of halogens is 1. The van der Waals surface area contributed by atoms with Crippen LogP contribution < -0.4 is 10.4 Å². The van der Waals surface area contributed by atoms with Crippen LogP contribution in [0.4, 0.5) is 0 Å². The Morgan fingerprint density at radius 2 is 1.92 bits per heavy atom. The number of hydrogen-bond acceptors (Lipinski definition) is 5. The van der Waals surface area contributed by atoms with E-state index in [2.05, 4.69) is 0 Å². The Bertz CT molecular complexity index is 1350. The van der Waals surface area contributed by atoms with Crippen LogP contribution in [0.25, 0.3) is 11.0 Å². The average molecular weight is 510 g/mol. The highest BCUT2D eigenvalue weighted by atomic mass is 35.5. The Labute approximate surface area is 215 Å². The maximum atomic E-state index is 13.2. The molecule has 2 aliphatic rings. The van der Waals surface area contributed by atoms with Crippen molar-refractivity contribution in [2.24, 2.45) is 5.92 Å². The first-order chi connectivity index (χ1) is 17.2. The van der Waals surface area contributed by atoms with E-state index in [9.17, 15) is 14.7 Å². The average Bonchev–Trinajstić information content (AvgIpc) is 2.87. The van der Waals surface area contributed by atoms with E-state index >= 15 is 0 Å². The lowest BCUT2D eigenvalue weighted by Gasteiger charge is -2.47. The van der Waals surface area contributed by atoms with Crippen molar-refractivity contribution in [1.82, 2.24) is 4.90 Å². The number of aryl methyl sites for hydroxylation is 2. The zero-order valence-corrected chi connectivity index (χ0v) is 21.6. The summed E-state index contributed by atoms with van der Waals surface area (Å²) in [5.41, 5.74) is 2.23. The first-order valence-corrected chi connectivity index (χ1v) is 13.1. The van der Waals surface area contributed by atoms with Gasteiger partial charge in [-0.05, 0) is 68.5 Å². The van der Waals surface area contributed by atoms with Gasteiger partial charge in [0.05, 0.1) is 17.6 Å². The van der Waals surface area contributed by atoms with Crippen molar-refractivity contribution >= 4 is 28.5 Å². The van der Waals surface area contributed by atoms with Crippen LogP contribution in [0.1, 0.15) is 54.4 Å². The SMILES string of the molecule is Cc1c(CC(=O)N2CCC3(O)CCCCC3C2)c(=O)oc2c(C)c(OCc3ccc(Cl)cc3)ccc12. The Kier molecular flexibility index (Phi) is 6.84. The Morgan fingerprint density at radius 3 is 2.69 bits per heavy atom. The molecule has 6 nitrogen and oxygen atoms in total. The third-order valence-electron chi connectivity index (χ3n) is 8.07. The predicted molar refractivity (Wildman–Crippen MR) is 140 cm³/mol. The van der Waals surface area contributed by atoms with Gasteiger partial charge in [0.1, 0.15) is 17.9 Å². The maximum Gasteiger partial charge on any atom is 0.340 e. The topological polar surface area (TPSA) is 80.0 Å². The van der Waals surface area contributed by atoms with E-state index in [1.165, 1.54) is 0 Å². The van der Waals surface area contributed by atoms with Gasteiger partial charge in [0, 0.05) is 35.0 Å². The number of likely N-dealkylation sites (tertiary alicyclic amines) is 1. The molecule has 2 heterocycles. The van der Waals surface area contributed by atoms with Crippen LogP contribution in [0.2, 0.25) is 5.02 Å². The van der Waals surface area contributed by atoms with Gasteiger partial charge in [0.2, 0.25) is 5.91 Å². The fourth-order valence-corrected chi connectivity index (χ4v) is 5.86. The molecule has 36 heavy (non-hydrogen) atoms. The summed E-state index contributed by atoms with van der Waals surface area (Å²) in [4.78, 5) is 28.0. The van der Waals surface area contributed by atoms with Gasteiger partial charge in [0.25, 0.3) is 0 Å². The highest BCUT2D eigenvalue weighted by Gasteiger charge is 2.43. The van der Waals surface area contributed by atoms with E-state index in [4.69, 9.17) is 20.8 Å². The monoisotopic (exact) mass is 509 g/mol. The van der Waals surface area contributed by atoms with Crippen LogP contribution in [-0.4, -0.2) is 34.6 Å².